The minimum atomic E-state index is 0.189. The number of hydrogen-bond acceptors (Lipinski definition) is 9. The van der Waals surface area contributed by atoms with Crippen LogP contribution in [0, 0.1) is 11.3 Å². The Bertz CT molecular complexity index is 1720. The van der Waals surface area contributed by atoms with Gasteiger partial charge < -0.3 is 10.1 Å². The maximum atomic E-state index is 9.04. The van der Waals surface area contributed by atoms with Crippen LogP contribution in [0.2, 0.25) is 0 Å². The Hall–Kier alpha value is -5.14. The summed E-state index contributed by atoms with van der Waals surface area (Å²) in [5.74, 6) is 2.17. The summed E-state index contributed by atoms with van der Waals surface area (Å²) in [6, 6.07) is 23.1. The fourth-order valence-corrected chi connectivity index (χ4v) is 5.52. The predicted molar refractivity (Wildman–Crippen MR) is 153 cm³/mol. The highest BCUT2D eigenvalue weighted by molar-refractivity contribution is 5.82. The molecule has 10 heteroatoms. The first-order valence-corrected chi connectivity index (χ1v) is 13.7. The van der Waals surface area contributed by atoms with Crippen molar-refractivity contribution in [3.8, 4) is 46.0 Å². The number of fused-ring (bicyclic) bond motifs is 3. The molecule has 2 aliphatic heterocycles. The van der Waals surface area contributed by atoms with Crippen LogP contribution in [-0.2, 0) is 13.3 Å². The third kappa shape index (κ3) is 4.99. The van der Waals surface area contributed by atoms with Gasteiger partial charge in [-0.3, -0.25) is 9.47 Å². The normalized spacial score (nSPS) is 14.9. The van der Waals surface area contributed by atoms with Gasteiger partial charge >= 0.3 is 0 Å². The van der Waals surface area contributed by atoms with Crippen molar-refractivity contribution in [2.75, 3.05) is 18.4 Å². The third-order valence-corrected chi connectivity index (χ3v) is 7.55. The molecule has 1 saturated heterocycles. The van der Waals surface area contributed by atoms with Gasteiger partial charge in [0.05, 0.1) is 11.4 Å². The number of nitrogens with one attached hydrogen (secondary N) is 1. The van der Waals surface area contributed by atoms with Crippen LogP contribution in [-0.4, -0.2) is 53.5 Å². The summed E-state index contributed by atoms with van der Waals surface area (Å²) in [6.45, 7) is 3.20. The molecular formula is C31H27N9O. The lowest BCUT2D eigenvalue weighted by Gasteiger charge is -2.32. The van der Waals surface area contributed by atoms with Crippen LogP contribution < -0.4 is 10.1 Å². The van der Waals surface area contributed by atoms with Crippen LogP contribution in [0.15, 0.2) is 79.3 Å². The first-order chi connectivity index (χ1) is 20.2. The Morgan fingerprint density at radius 1 is 0.854 bits per heavy atom. The molecule has 202 valence electrons. The fourth-order valence-electron chi connectivity index (χ4n) is 5.52. The topological polar surface area (TPSA) is 118 Å². The van der Waals surface area contributed by atoms with Crippen LogP contribution in [0.3, 0.4) is 0 Å². The fraction of sp³-hybridized carbons (Fsp3) is 0.226. The molecule has 5 heterocycles. The molecule has 2 aromatic carbocycles. The van der Waals surface area contributed by atoms with Gasteiger partial charge in [-0.25, -0.2) is 24.9 Å². The number of imidazole rings is 1. The second-order valence-electron chi connectivity index (χ2n) is 10.2. The van der Waals surface area contributed by atoms with E-state index in [1.165, 1.54) is 5.56 Å². The Morgan fingerprint density at radius 3 is 2.46 bits per heavy atom. The van der Waals surface area contributed by atoms with Crippen molar-refractivity contribution in [2.45, 2.75) is 32.2 Å². The van der Waals surface area contributed by atoms with E-state index < -0.39 is 0 Å². The molecule has 3 aromatic heterocycles. The Morgan fingerprint density at radius 2 is 1.66 bits per heavy atom. The average molecular weight is 542 g/mol. The van der Waals surface area contributed by atoms with Gasteiger partial charge in [0.15, 0.2) is 18.2 Å². The van der Waals surface area contributed by atoms with Gasteiger partial charge in [0.2, 0.25) is 11.7 Å². The number of nitrogens with zero attached hydrogens (tertiary/aromatic N) is 8. The van der Waals surface area contributed by atoms with Gasteiger partial charge in [0.25, 0.3) is 0 Å². The number of rotatable bonds is 6. The van der Waals surface area contributed by atoms with Crippen LogP contribution >= 0.6 is 0 Å². The molecule has 0 unspecified atom stereocenters. The number of ether oxygens (including phenoxy) is 1. The number of anilines is 1. The molecule has 7 rings (SSSR count). The number of likely N-dealkylation sites (tertiary alicyclic amines) is 1. The number of piperidine rings is 1. The zero-order chi connectivity index (χ0) is 27.6. The third-order valence-electron chi connectivity index (χ3n) is 7.55. The van der Waals surface area contributed by atoms with E-state index in [-0.39, 0.29) is 5.82 Å². The van der Waals surface area contributed by atoms with Crippen molar-refractivity contribution in [3.05, 3.63) is 90.6 Å². The summed E-state index contributed by atoms with van der Waals surface area (Å²) < 4.78 is 8.02. The SMILES string of the molecule is N#Cc1nccc(NC2CCN(Cc3ccc(-c4nc5n(c4-c4ccccc4)COc4nccnc4-5)cc3)CC2)n1. The van der Waals surface area contributed by atoms with Gasteiger partial charge in [-0.05, 0) is 24.5 Å². The molecule has 10 nitrogen and oxygen atoms in total. The van der Waals surface area contributed by atoms with Crippen molar-refractivity contribution in [2.24, 2.45) is 0 Å². The molecular weight excluding hydrogens is 514 g/mol. The molecule has 0 saturated carbocycles. The average Bonchev–Trinajstić information content (AvgIpc) is 3.43. The highest BCUT2D eigenvalue weighted by atomic mass is 16.5. The van der Waals surface area contributed by atoms with Gasteiger partial charge in [0.1, 0.15) is 11.9 Å². The minimum absolute atomic E-state index is 0.189. The lowest BCUT2D eigenvalue weighted by Crippen LogP contribution is -2.38. The molecule has 0 amide bonds. The van der Waals surface area contributed by atoms with Crippen molar-refractivity contribution in [3.63, 3.8) is 0 Å². The van der Waals surface area contributed by atoms with E-state index >= 15 is 0 Å². The van der Waals surface area contributed by atoms with E-state index in [2.05, 4.69) is 71.1 Å². The van der Waals surface area contributed by atoms with Crippen LogP contribution in [0.5, 0.6) is 5.88 Å². The van der Waals surface area contributed by atoms with E-state index in [1.807, 2.05) is 30.3 Å². The number of aromatic nitrogens is 6. The molecule has 0 spiro atoms. The van der Waals surface area contributed by atoms with Gasteiger partial charge in [-0.1, -0.05) is 54.6 Å². The molecule has 0 atom stereocenters. The summed E-state index contributed by atoms with van der Waals surface area (Å²) in [5, 5.41) is 12.5. The van der Waals surface area contributed by atoms with Crippen molar-refractivity contribution >= 4 is 5.82 Å². The summed E-state index contributed by atoms with van der Waals surface area (Å²) in [6.07, 6.45) is 6.95. The van der Waals surface area contributed by atoms with E-state index in [9.17, 15) is 0 Å². The Balaban J connectivity index is 1.08. The molecule has 0 bridgehead atoms. The van der Waals surface area contributed by atoms with Crippen molar-refractivity contribution in [1.82, 2.24) is 34.4 Å². The van der Waals surface area contributed by atoms with E-state index in [1.54, 1.807) is 18.6 Å². The predicted octanol–water partition coefficient (Wildman–Crippen LogP) is 4.76. The second kappa shape index (κ2) is 10.8. The maximum absolute atomic E-state index is 9.04. The quantitative estimate of drug-likeness (QED) is 0.325. The van der Waals surface area contributed by atoms with E-state index in [4.69, 9.17) is 15.0 Å². The Labute approximate surface area is 237 Å². The second-order valence-corrected chi connectivity index (χ2v) is 10.2. The molecule has 2 aliphatic rings. The number of hydrogen-bond donors (Lipinski definition) is 1. The summed E-state index contributed by atoms with van der Waals surface area (Å²) in [4.78, 5) is 24.6. The van der Waals surface area contributed by atoms with Gasteiger partial charge in [0, 0.05) is 55.4 Å². The summed E-state index contributed by atoms with van der Waals surface area (Å²) >= 11 is 0. The number of benzene rings is 2. The molecule has 0 radical (unpaired) electrons. The summed E-state index contributed by atoms with van der Waals surface area (Å²) in [5.41, 5.74) is 5.94. The smallest absolute Gasteiger partial charge is 0.245 e. The largest absolute Gasteiger partial charge is 0.454 e. The van der Waals surface area contributed by atoms with E-state index in [0.717, 1.165) is 60.8 Å². The van der Waals surface area contributed by atoms with Crippen molar-refractivity contribution < 1.29 is 4.74 Å². The van der Waals surface area contributed by atoms with Crippen LogP contribution in [0.4, 0.5) is 5.82 Å². The molecule has 1 fully saturated rings. The highest BCUT2D eigenvalue weighted by Gasteiger charge is 2.28. The Kier molecular flexibility index (Phi) is 6.55. The standard InChI is InChI=1S/C31H27N9O/c32-18-26-33-13-10-25(37-26)36-24-11-16-39(17-12-24)19-21-6-8-22(9-7-21)27-29(23-4-2-1-3-5-23)40-20-41-31-28(30(40)38-27)34-14-15-35-31/h1-10,13-15,24H,11-12,16-17,19-20H2,(H,33,36,37). The van der Waals surface area contributed by atoms with E-state index in [0.29, 0.717) is 30.2 Å². The van der Waals surface area contributed by atoms with Crippen LogP contribution in [0.1, 0.15) is 24.2 Å². The van der Waals surface area contributed by atoms with Crippen molar-refractivity contribution in [1.29, 1.82) is 5.26 Å². The molecule has 41 heavy (non-hydrogen) atoms. The summed E-state index contributed by atoms with van der Waals surface area (Å²) in [7, 11) is 0. The highest BCUT2D eigenvalue weighted by Crippen LogP contribution is 2.39. The first-order valence-electron chi connectivity index (χ1n) is 13.7. The molecule has 1 N–H and O–H groups in total. The lowest BCUT2D eigenvalue weighted by molar-refractivity contribution is 0.211. The maximum Gasteiger partial charge on any atom is 0.245 e. The zero-order valence-corrected chi connectivity index (χ0v) is 22.3. The minimum Gasteiger partial charge on any atom is -0.454 e. The van der Waals surface area contributed by atoms with Crippen LogP contribution in [0.25, 0.3) is 34.0 Å². The van der Waals surface area contributed by atoms with Gasteiger partial charge in [-0.2, -0.15) is 5.26 Å². The molecule has 5 aromatic rings. The lowest BCUT2D eigenvalue weighted by atomic mass is 10.0. The van der Waals surface area contributed by atoms with Gasteiger partial charge in [-0.15, -0.1) is 0 Å². The monoisotopic (exact) mass is 541 g/mol. The zero-order valence-electron chi connectivity index (χ0n) is 22.3. The first kappa shape index (κ1) is 24.9. The number of nitriles is 1. The molecule has 0 aliphatic carbocycles.